The van der Waals surface area contributed by atoms with Crippen LogP contribution in [0.1, 0.15) is 11.1 Å². The van der Waals surface area contributed by atoms with Gasteiger partial charge in [-0.1, -0.05) is 53.4 Å². The summed E-state index contributed by atoms with van der Waals surface area (Å²) < 4.78 is 0.942. The Hall–Kier alpha value is -1.37. The fourth-order valence-corrected chi connectivity index (χ4v) is 3.10. The Kier molecular flexibility index (Phi) is 5.38. The van der Waals surface area contributed by atoms with E-state index in [2.05, 4.69) is 22.1 Å². The van der Waals surface area contributed by atoms with Crippen LogP contribution in [0.15, 0.2) is 41.3 Å². The maximum atomic E-state index is 8.97. The van der Waals surface area contributed by atoms with Crippen molar-refractivity contribution in [2.75, 3.05) is 11.9 Å². The summed E-state index contributed by atoms with van der Waals surface area (Å²) in [6, 6.07) is 7.92. The van der Waals surface area contributed by atoms with Gasteiger partial charge in [0.15, 0.2) is 4.34 Å². The van der Waals surface area contributed by atoms with Crippen LogP contribution in [0, 0.1) is 0 Å². The van der Waals surface area contributed by atoms with Crippen LogP contribution in [0.2, 0.25) is 0 Å². The van der Waals surface area contributed by atoms with Gasteiger partial charge in [-0.15, -0.1) is 16.8 Å². The van der Waals surface area contributed by atoms with E-state index in [1.54, 1.807) is 29.2 Å². The van der Waals surface area contributed by atoms with Crippen LogP contribution in [-0.4, -0.2) is 21.8 Å². The van der Waals surface area contributed by atoms with Crippen molar-refractivity contribution in [3.05, 3.63) is 48.0 Å². The average Bonchev–Trinajstić information content (AvgIpc) is 2.91. The lowest BCUT2D eigenvalue weighted by Crippen LogP contribution is -1.96. The summed E-state index contributed by atoms with van der Waals surface area (Å²) >= 11 is 3.20. The Bertz CT molecular complexity index is 525. The van der Waals surface area contributed by atoms with Gasteiger partial charge in [0.2, 0.25) is 5.13 Å². The maximum Gasteiger partial charge on any atom is 0.206 e. The van der Waals surface area contributed by atoms with Crippen molar-refractivity contribution in [1.29, 1.82) is 0 Å². The largest absolute Gasteiger partial charge is 0.392 e. The molecule has 6 heteroatoms. The van der Waals surface area contributed by atoms with Gasteiger partial charge in [0.05, 0.1) is 6.61 Å². The number of aliphatic hydroxyl groups excluding tert-OH is 1. The molecule has 1 aromatic carbocycles. The van der Waals surface area contributed by atoms with Gasteiger partial charge in [-0.2, -0.15) is 0 Å². The van der Waals surface area contributed by atoms with E-state index >= 15 is 0 Å². The molecule has 0 spiro atoms. The zero-order chi connectivity index (χ0) is 13.5. The summed E-state index contributed by atoms with van der Waals surface area (Å²) in [7, 11) is 0. The second-order valence-corrected chi connectivity index (χ2v) is 6.01. The molecule has 1 heterocycles. The molecule has 2 rings (SSSR count). The predicted octanol–water partition coefficient (Wildman–Crippen LogP) is 2.92. The lowest BCUT2D eigenvalue weighted by atomic mass is 10.2. The molecule has 0 atom stereocenters. The molecule has 4 nitrogen and oxygen atoms in total. The molecule has 2 aromatic rings. The number of aromatic nitrogens is 2. The molecule has 0 saturated heterocycles. The summed E-state index contributed by atoms with van der Waals surface area (Å²) in [5, 5.41) is 21.1. The van der Waals surface area contributed by atoms with E-state index in [0.717, 1.165) is 20.8 Å². The highest BCUT2D eigenvalue weighted by atomic mass is 32.2. The number of hydrogen-bond donors (Lipinski definition) is 2. The second kappa shape index (κ2) is 7.28. The van der Waals surface area contributed by atoms with Crippen molar-refractivity contribution < 1.29 is 5.11 Å². The van der Waals surface area contributed by atoms with Gasteiger partial charge in [0.25, 0.3) is 0 Å². The van der Waals surface area contributed by atoms with Gasteiger partial charge in [-0.25, -0.2) is 0 Å². The third-order valence-electron chi connectivity index (χ3n) is 2.37. The summed E-state index contributed by atoms with van der Waals surface area (Å²) in [4.78, 5) is 0. The predicted molar refractivity (Wildman–Crippen MR) is 80.5 cm³/mol. The summed E-state index contributed by atoms with van der Waals surface area (Å²) in [5.41, 5.74) is 2.14. The van der Waals surface area contributed by atoms with Crippen LogP contribution >= 0.6 is 23.1 Å². The van der Waals surface area contributed by atoms with Crippen molar-refractivity contribution >= 4 is 28.2 Å². The molecule has 0 aliphatic carbocycles. The summed E-state index contributed by atoms with van der Waals surface area (Å²) in [5.74, 6) is 0.849. The highest BCUT2D eigenvalue weighted by Crippen LogP contribution is 2.28. The molecule has 0 bridgehead atoms. The molecule has 100 valence electrons. The van der Waals surface area contributed by atoms with Crippen molar-refractivity contribution in [1.82, 2.24) is 10.2 Å². The number of thioether (sulfide) groups is 1. The van der Waals surface area contributed by atoms with E-state index in [-0.39, 0.29) is 6.61 Å². The molecule has 0 fully saturated rings. The van der Waals surface area contributed by atoms with Crippen LogP contribution in [0.3, 0.4) is 0 Å². The molecular weight excluding hydrogens is 278 g/mol. The number of nitrogens with one attached hydrogen (secondary N) is 1. The normalized spacial score (nSPS) is 10.4. The van der Waals surface area contributed by atoms with Crippen LogP contribution in [0.4, 0.5) is 5.13 Å². The van der Waals surface area contributed by atoms with Gasteiger partial charge < -0.3 is 10.4 Å². The minimum atomic E-state index is 0.0855. The standard InChI is InChI=1S/C13H15N3OS2/c1-2-7-14-12-15-16-13(19-12)18-9-11-5-3-10(8-17)4-6-11/h2-6,17H,1,7-9H2,(H,14,15). The van der Waals surface area contributed by atoms with E-state index in [1.165, 1.54) is 5.56 Å². The Morgan fingerprint density at radius 1 is 1.26 bits per heavy atom. The van der Waals surface area contributed by atoms with E-state index in [4.69, 9.17) is 5.11 Å². The number of benzene rings is 1. The van der Waals surface area contributed by atoms with Gasteiger partial charge in [0.1, 0.15) is 0 Å². The first-order chi connectivity index (χ1) is 9.31. The van der Waals surface area contributed by atoms with E-state index < -0.39 is 0 Å². The van der Waals surface area contributed by atoms with Crippen molar-refractivity contribution in [3.8, 4) is 0 Å². The highest BCUT2D eigenvalue weighted by Gasteiger charge is 2.04. The summed E-state index contributed by atoms with van der Waals surface area (Å²) in [6.07, 6.45) is 1.79. The first-order valence-corrected chi connectivity index (χ1v) is 7.62. The Labute approximate surface area is 120 Å². The molecule has 0 saturated carbocycles. The topological polar surface area (TPSA) is 58.0 Å². The van der Waals surface area contributed by atoms with Gasteiger partial charge in [-0.05, 0) is 11.1 Å². The van der Waals surface area contributed by atoms with Gasteiger partial charge in [-0.3, -0.25) is 0 Å². The van der Waals surface area contributed by atoms with E-state index in [9.17, 15) is 0 Å². The second-order valence-electron chi connectivity index (χ2n) is 3.81. The smallest absolute Gasteiger partial charge is 0.206 e. The van der Waals surface area contributed by atoms with Crippen LogP contribution in [0.25, 0.3) is 0 Å². The third kappa shape index (κ3) is 4.34. The first kappa shape index (κ1) is 14.0. The quantitative estimate of drug-likeness (QED) is 0.607. The number of rotatable bonds is 7. The average molecular weight is 293 g/mol. The molecule has 2 N–H and O–H groups in total. The lowest BCUT2D eigenvalue weighted by Gasteiger charge is -2.00. The summed E-state index contributed by atoms with van der Waals surface area (Å²) in [6.45, 7) is 4.43. The molecule has 1 aromatic heterocycles. The van der Waals surface area contributed by atoms with E-state index in [0.29, 0.717) is 6.54 Å². The Balaban J connectivity index is 1.87. The minimum absolute atomic E-state index is 0.0855. The number of nitrogens with zero attached hydrogens (tertiary/aromatic N) is 2. The van der Waals surface area contributed by atoms with Crippen molar-refractivity contribution in [3.63, 3.8) is 0 Å². The van der Waals surface area contributed by atoms with Gasteiger partial charge in [0, 0.05) is 12.3 Å². The monoisotopic (exact) mass is 293 g/mol. The number of anilines is 1. The minimum Gasteiger partial charge on any atom is -0.392 e. The molecular formula is C13H15N3OS2. The molecule has 0 unspecified atom stereocenters. The van der Waals surface area contributed by atoms with Crippen molar-refractivity contribution in [2.24, 2.45) is 0 Å². The van der Waals surface area contributed by atoms with Gasteiger partial charge >= 0.3 is 0 Å². The zero-order valence-corrected chi connectivity index (χ0v) is 12.0. The number of hydrogen-bond acceptors (Lipinski definition) is 6. The Morgan fingerprint density at radius 2 is 2.00 bits per heavy atom. The molecule has 0 amide bonds. The third-order valence-corrected chi connectivity index (χ3v) is 4.46. The molecule has 19 heavy (non-hydrogen) atoms. The van der Waals surface area contributed by atoms with Crippen molar-refractivity contribution in [2.45, 2.75) is 16.7 Å². The van der Waals surface area contributed by atoms with Crippen LogP contribution < -0.4 is 5.32 Å². The molecule has 0 radical (unpaired) electrons. The van der Waals surface area contributed by atoms with Crippen LogP contribution in [-0.2, 0) is 12.4 Å². The highest BCUT2D eigenvalue weighted by molar-refractivity contribution is 8.00. The molecule has 0 aliphatic heterocycles. The lowest BCUT2D eigenvalue weighted by molar-refractivity contribution is 0.282. The maximum absolute atomic E-state index is 8.97. The fraction of sp³-hybridized carbons (Fsp3) is 0.231. The molecule has 0 aliphatic rings. The van der Waals surface area contributed by atoms with E-state index in [1.807, 2.05) is 24.3 Å². The number of aliphatic hydroxyl groups is 1. The SMILES string of the molecule is C=CCNc1nnc(SCc2ccc(CO)cc2)s1. The Morgan fingerprint density at radius 3 is 2.68 bits per heavy atom. The fourth-order valence-electron chi connectivity index (χ4n) is 1.38. The first-order valence-electron chi connectivity index (χ1n) is 5.81. The van der Waals surface area contributed by atoms with Crippen LogP contribution in [0.5, 0.6) is 0 Å². The zero-order valence-electron chi connectivity index (χ0n) is 10.4.